The first kappa shape index (κ1) is 18.5. The highest BCUT2D eigenvalue weighted by Gasteiger charge is 2.35. The Hall–Kier alpha value is -1.88. The number of benzene rings is 1. The summed E-state index contributed by atoms with van der Waals surface area (Å²) < 4.78 is 5.93. The Kier molecular flexibility index (Phi) is 5.99. The maximum atomic E-state index is 12.2. The largest absolute Gasteiger partial charge is 0.478 e. The molecule has 0 aliphatic carbocycles. The van der Waals surface area contributed by atoms with Gasteiger partial charge in [-0.1, -0.05) is 32.9 Å². The van der Waals surface area contributed by atoms with Crippen molar-refractivity contribution in [1.29, 1.82) is 0 Å². The monoisotopic (exact) mass is 333 g/mol. The lowest BCUT2D eigenvalue weighted by Gasteiger charge is -2.40. The maximum Gasteiger partial charge on any atom is 0.335 e. The molecule has 1 fully saturated rings. The molecule has 5 nitrogen and oxygen atoms in total. The number of nitrogens with one attached hydrogen (secondary N) is 1. The van der Waals surface area contributed by atoms with Crippen LogP contribution >= 0.6 is 0 Å². The molecule has 132 valence electrons. The predicted molar refractivity (Wildman–Crippen MR) is 92.0 cm³/mol. The van der Waals surface area contributed by atoms with Gasteiger partial charge < -0.3 is 15.2 Å². The van der Waals surface area contributed by atoms with Gasteiger partial charge in [0.15, 0.2) is 0 Å². The zero-order chi connectivity index (χ0) is 17.7. The molecular weight excluding hydrogens is 306 g/mol. The van der Waals surface area contributed by atoms with Crippen LogP contribution in [0, 0.1) is 11.3 Å². The van der Waals surface area contributed by atoms with E-state index in [4.69, 9.17) is 9.84 Å². The standard InChI is InChI=1S/C19H27NO4/c1-19(2,3)17-15(8-5-9-24-17)12-20-16(21)11-13-6-4-7-14(10-13)18(22)23/h4,6-7,10,15,17H,5,8-9,11-12H2,1-3H3,(H,20,21)(H,22,23). The van der Waals surface area contributed by atoms with E-state index in [2.05, 4.69) is 26.1 Å². The molecular formula is C19H27NO4. The van der Waals surface area contributed by atoms with Gasteiger partial charge in [-0.15, -0.1) is 0 Å². The summed E-state index contributed by atoms with van der Waals surface area (Å²) in [5, 5.41) is 12.0. The smallest absolute Gasteiger partial charge is 0.335 e. The van der Waals surface area contributed by atoms with E-state index in [-0.39, 0.29) is 29.4 Å². The van der Waals surface area contributed by atoms with Crippen LogP contribution in [0.2, 0.25) is 0 Å². The third-order valence-corrected chi connectivity index (χ3v) is 4.40. The van der Waals surface area contributed by atoms with E-state index < -0.39 is 5.97 Å². The molecule has 2 atom stereocenters. The second-order valence-electron chi connectivity index (χ2n) is 7.55. The van der Waals surface area contributed by atoms with E-state index in [1.807, 2.05) is 0 Å². The van der Waals surface area contributed by atoms with E-state index in [0.29, 0.717) is 18.0 Å². The molecule has 2 N–H and O–H groups in total. The van der Waals surface area contributed by atoms with Crippen LogP contribution in [0.4, 0.5) is 0 Å². The lowest BCUT2D eigenvalue weighted by molar-refractivity contribution is -0.122. The first-order chi connectivity index (χ1) is 11.3. The minimum absolute atomic E-state index is 0.0473. The molecule has 1 aliphatic rings. The fraction of sp³-hybridized carbons (Fsp3) is 0.579. The molecule has 1 aliphatic heterocycles. The van der Waals surface area contributed by atoms with Gasteiger partial charge in [-0.05, 0) is 36.0 Å². The topological polar surface area (TPSA) is 75.6 Å². The van der Waals surface area contributed by atoms with Gasteiger partial charge in [-0.3, -0.25) is 4.79 Å². The molecule has 2 unspecified atom stereocenters. The second kappa shape index (κ2) is 7.79. The van der Waals surface area contributed by atoms with Gasteiger partial charge in [0.1, 0.15) is 0 Å². The summed E-state index contributed by atoms with van der Waals surface area (Å²) >= 11 is 0. The Morgan fingerprint density at radius 1 is 1.33 bits per heavy atom. The van der Waals surface area contributed by atoms with Crippen LogP contribution in [0.25, 0.3) is 0 Å². The molecule has 0 aromatic heterocycles. The minimum atomic E-state index is -0.982. The lowest BCUT2D eigenvalue weighted by Crippen LogP contribution is -2.45. The highest BCUT2D eigenvalue weighted by Crippen LogP contribution is 2.33. The number of rotatable bonds is 5. The van der Waals surface area contributed by atoms with Crippen molar-refractivity contribution in [3.05, 3.63) is 35.4 Å². The summed E-state index contributed by atoms with van der Waals surface area (Å²) in [7, 11) is 0. The first-order valence-corrected chi connectivity index (χ1v) is 8.48. The van der Waals surface area contributed by atoms with Gasteiger partial charge in [0.2, 0.25) is 5.91 Å². The molecule has 2 rings (SSSR count). The van der Waals surface area contributed by atoms with Crippen LogP contribution in [0.15, 0.2) is 24.3 Å². The van der Waals surface area contributed by atoms with Crippen molar-refractivity contribution >= 4 is 11.9 Å². The van der Waals surface area contributed by atoms with Gasteiger partial charge in [0.25, 0.3) is 0 Å². The Labute approximate surface area is 143 Å². The van der Waals surface area contributed by atoms with Crippen molar-refractivity contribution < 1.29 is 19.4 Å². The Balaban J connectivity index is 1.90. The SMILES string of the molecule is CC(C)(C)C1OCCCC1CNC(=O)Cc1cccc(C(=O)O)c1. The molecule has 1 saturated heterocycles. The Bertz CT molecular complexity index is 591. The van der Waals surface area contributed by atoms with E-state index in [9.17, 15) is 9.59 Å². The number of ether oxygens (including phenoxy) is 1. The van der Waals surface area contributed by atoms with Crippen molar-refractivity contribution in [3.63, 3.8) is 0 Å². The van der Waals surface area contributed by atoms with Crippen LogP contribution in [-0.4, -0.2) is 36.2 Å². The highest BCUT2D eigenvalue weighted by molar-refractivity contribution is 5.88. The molecule has 1 aromatic carbocycles. The third-order valence-electron chi connectivity index (χ3n) is 4.40. The summed E-state index contributed by atoms with van der Waals surface area (Å²) in [5.41, 5.74) is 0.958. The molecule has 24 heavy (non-hydrogen) atoms. The van der Waals surface area contributed by atoms with Gasteiger partial charge in [-0.25, -0.2) is 4.79 Å². The number of hydrogen-bond acceptors (Lipinski definition) is 3. The van der Waals surface area contributed by atoms with Crippen molar-refractivity contribution in [3.8, 4) is 0 Å². The number of amides is 1. The van der Waals surface area contributed by atoms with Crippen LogP contribution in [-0.2, 0) is 16.0 Å². The van der Waals surface area contributed by atoms with E-state index in [1.54, 1.807) is 18.2 Å². The average Bonchev–Trinajstić information content (AvgIpc) is 2.52. The molecule has 0 bridgehead atoms. The van der Waals surface area contributed by atoms with E-state index >= 15 is 0 Å². The fourth-order valence-electron chi connectivity index (χ4n) is 3.32. The Morgan fingerprint density at radius 3 is 2.75 bits per heavy atom. The molecule has 0 saturated carbocycles. The zero-order valence-corrected chi connectivity index (χ0v) is 14.7. The van der Waals surface area contributed by atoms with Crippen LogP contribution in [0.5, 0.6) is 0 Å². The van der Waals surface area contributed by atoms with Crippen molar-refractivity contribution in [2.75, 3.05) is 13.2 Å². The fourth-order valence-corrected chi connectivity index (χ4v) is 3.32. The first-order valence-electron chi connectivity index (χ1n) is 8.48. The van der Waals surface area contributed by atoms with Gasteiger partial charge in [0, 0.05) is 19.1 Å². The van der Waals surface area contributed by atoms with E-state index in [1.165, 1.54) is 6.07 Å². The zero-order valence-electron chi connectivity index (χ0n) is 14.7. The summed E-state index contributed by atoms with van der Waals surface area (Å²) in [6.45, 7) is 7.87. The van der Waals surface area contributed by atoms with Crippen LogP contribution in [0.1, 0.15) is 49.5 Å². The Morgan fingerprint density at radius 2 is 2.08 bits per heavy atom. The summed E-state index contributed by atoms with van der Waals surface area (Å²) in [6, 6.07) is 6.50. The maximum absolute atomic E-state index is 12.2. The van der Waals surface area contributed by atoms with Crippen molar-refractivity contribution in [2.45, 2.75) is 46.1 Å². The summed E-state index contributed by atoms with van der Waals surface area (Å²) in [5.74, 6) is -0.756. The molecule has 0 radical (unpaired) electrons. The lowest BCUT2D eigenvalue weighted by atomic mass is 9.78. The predicted octanol–water partition coefficient (Wildman–Crippen LogP) is 2.88. The van der Waals surface area contributed by atoms with Crippen LogP contribution < -0.4 is 5.32 Å². The molecule has 1 amide bonds. The normalized spacial score (nSPS) is 21.3. The molecule has 1 aromatic rings. The van der Waals surface area contributed by atoms with Crippen LogP contribution in [0.3, 0.4) is 0 Å². The minimum Gasteiger partial charge on any atom is -0.478 e. The highest BCUT2D eigenvalue weighted by atomic mass is 16.5. The summed E-state index contributed by atoms with van der Waals surface area (Å²) in [4.78, 5) is 23.2. The number of aromatic carboxylic acids is 1. The van der Waals surface area contributed by atoms with Crippen molar-refractivity contribution in [2.24, 2.45) is 11.3 Å². The third kappa shape index (κ3) is 5.06. The van der Waals surface area contributed by atoms with Gasteiger partial charge in [0.05, 0.1) is 18.1 Å². The summed E-state index contributed by atoms with van der Waals surface area (Å²) in [6.07, 6.45) is 2.40. The second-order valence-corrected chi connectivity index (χ2v) is 7.55. The number of carboxylic acid groups (broad SMARTS) is 1. The van der Waals surface area contributed by atoms with E-state index in [0.717, 1.165) is 19.4 Å². The van der Waals surface area contributed by atoms with Gasteiger partial charge in [-0.2, -0.15) is 0 Å². The number of carboxylic acids is 1. The number of carbonyl (C=O) groups is 2. The number of hydrogen-bond donors (Lipinski definition) is 2. The molecule has 1 heterocycles. The molecule has 0 spiro atoms. The average molecular weight is 333 g/mol. The number of carbonyl (C=O) groups excluding carboxylic acids is 1. The quantitative estimate of drug-likeness (QED) is 0.869. The van der Waals surface area contributed by atoms with Gasteiger partial charge >= 0.3 is 5.97 Å². The van der Waals surface area contributed by atoms with Crippen molar-refractivity contribution in [1.82, 2.24) is 5.32 Å². The molecule has 5 heteroatoms.